The molecule has 0 aliphatic heterocycles. The minimum atomic E-state index is 0.319. The molecule has 0 saturated heterocycles. The fourth-order valence-electron chi connectivity index (χ4n) is 2.01. The highest BCUT2D eigenvalue weighted by molar-refractivity contribution is 7.80. The van der Waals surface area contributed by atoms with E-state index in [4.69, 9.17) is 27.4 Å². The first-order valence-corrected chi connectivity index (χ1v) is 7.09. The fraction of sp³-hybridized carbons (Fsp3) is 0.235. The number of thiocarbonyl (C=S) groups is 1. The number of hydrogen-bond donors (Lipinski definition) is 1. The zero-order valence-electron chi connectivity index (χ0n) is 12.5. The van der Waals surface area contributed by atoms with Gasteiger partial charge in [0.15, 0.2) is 0 Å². The number of hydrogen-bond acceptors (Lipinski definition) is 3. The highest BCUT2D eigenvalue weighted by Crippen LogP contribution is 2.22. The number of methoxy groups -OCH3 is 1. The third-order valence-corrected chi connectivity index (χ3v) is 3.63. The summed E-state index contributed by atoms with van der Waals surface area (Å²) in [6, 6.07) is 11.8. The van der Waals surface area contributed by atoms with E-state index in [1.165, 1.54) is 11.1 Å². The van der Waals surface area contributed by atoms with Crippen molar-refractivity contribution >= 4 is 17.2 Å². The van der Waals surface area contributed by atoms with E-state index in [1.54, 1.807) is 7.11 Å². The van der Waals surface area contributed by atoms with Crippen molar-refractivity contribution in [2.45, 2.75) is 20.5 Å². The molecule has 0 bridgehead atoms. The summed E-state index contributed by atoms with van der Waals surface area (Å²) in [6.07, 6.45) is 0. The second-order valence-corrected chi connectivity index (χ2v) is 5.37. The quantitative estimate of drug-likeness (QED) is 0.858. The summed E-state index contributed by atoms with van der Waals surface area (Å²) in [5, 5.41) is 0. The van der Waals surface area contributed by atoms with Crippen molar-refractivity contribution in [1.29, 1.82) is 0 Å². The summed E-state index contributed by atoms with van der Waals surface area (Å²) in [6.45, 7) is 4.61. The van der Waals surface area contributed by atoms with E-state index in [0.717, 1.165) is 16.9 Å². The zero-order valence-corrected chi connectivity index (χ0v) is 13.3. The van der Waals surface area contributed by atoms with Crippen molar-refractivity contribution in [3.63, 3.8) is 0 Å². The number of aryl methyl sites for hydroxylation is 2. The number of benzene rings is 2. The molecule has 0 spiro atoms. The van der Waals surface area contributed by atoms with E-state index < -0.39 is 0 Å². The van der Waals surface area contributed by atoms with Crippen molar-refractivity contribution in [3.05, 3.63) is 58.7 Å². The Kier molecular flexibility index (Phi) is 4.81. The molecular weight excluding hydrogens is 282 g/mol. The van der Waals surface area contributed by atoms with Gasteiger partial charge in [0, 0.05) is 0 Å². The zero-order chi connectivity index (χ0) is 15.4. The van der Waals surface area contributed by atoms with Crippen LogP contribution in [-0.2, 0) is 6.61 Å². The topological polar surface area (TPSA) is 44.5 Å². The second kappa shape index (κ2) is 6.59. The molecule has 0 aliphatic carbocycles. The molecule has 0 unspecified atom stereocenters. The average molecular weight is 301 g/mol. The highest BCUT2D eigenvalue weighted by Gasteiger charge is 2.07. The van der Waals surface area contributed by atoms with Crippen LogP contribution in [0.5, 0.6) is 11.5 Å². The first-order chi connectivity index (χ1) is 10.0. The smallest absolute Gasteiger partial charge is 0.129 e. The van der Waals surface area contributed by atoms with Crippen LogP contribution in [0.4, 0.5) is 0 Å². The number of nitrogens with two attached hydrogens (primary N) is 1. The van der Waals surface area contributed by atoms with Gasteiger partial charge in [-0.3, -0.25) is 0 Å². The SMILES string of the molecule is COc1ccc(COc2ccc(C)c(C)c2)cc1C(N)=S. The maximum absolute atomic E-state index is 5.81. The van der Waals surface area contributed by atoms with Gasteiger partial charge in [0.2, 0.25) is 0 Å². The second-order valence-electron chi connectivity index (χ2n) is 4.93. The van der Waals surface area contributed by atoms with Gasteiger partial charge in [0.25, 0.3) is 0 Å². The Morgan fingerprint density at radius 2 is 1.86 bits per heavy atom. The Morgan fingerprint density at radius 3 is 2.48 bits per heavy atom. The van der Waals surface area contributed by atoms with Crippen LogP contribution in [0.25, 0.3) is 0 Å². The van der Waals surface area contributed by atoms with Crippen molar-refractivity contribution < 1.29 is 9.47 Å². The van der Waals surface area contributed by atoms with Crippen LogP contribution >= 0.6 is 12.2 Å². The minimum Gasteiger partial charge on any atom is -0.496 e. The van der Waals surface area contributed by atoms with Crippen LogP contribution in [0, 0.1) is 13.8 Å². The number of ether oxygens (including phenoxy) is 2. The molecule has 4 heteroatoms. The summed E-state index contributed by atoms with van der Waals surface area (Å²) in [4.78, 5) is 0.319. The Morgan fingerprint density at radius 1 is 1.10 bits per heavy atom. The van der Waals surface area contributed by atoms with Crippen LogP contribution in [0.15, 0.2) is 36.4 Å². The van der Waals surface area contributed by atoms with Crippen molar-refractivity contribution in [2.24, 2.45) is 5.73 Å². The molecule has 0 saturated carbocycles. The first kappa shape index (κ1) is 15.3. The van der Waals surface area contributed by atoms with Crippen LogP contribution < -0.4 is 15.2 Å². The lowest BCUT2D eigenvalue weighted by molar-refractivity contribution is 0.305. The van der Waals surface area contributed by atoms with E-state index in [1.807, 2.05) is 30.3 Å². The van der Waals surface area contributed by atoms with Crippen LogP contribution in [0.2, 0.25) is 0 Å². The van der Waals surface area contributed by atoms with Crippen LogP contribution in [0.3, 0.4) is 0 Å². The molecule has 2 rings (SSSR count). The van der Waals surface area contributed by atoms with E-state index in [-0.39, 0.29) is 0 Å². The van der Waals surface area contributed by atoms with Crippen molar-refractivity contribution in [1.82, 2.24) is 0 Å². The minimum absolute atomic E-state index is 0.319. The molecule has 2 N–H and O–H groups in total. The maximum atomic E-state index is 5.81. The maximum Gasteiger partial charge on any atom is 0.129 e. The third kappa shape index (κ3) is 3.73. The Bertz CT molecular complexity index is 668. The lowest BCUT2D eigenvalue weighted by Crippen LogP contribution is -2.12. The van der Waals surface area contributed by atoms with Gasteiger partial charge in [-0.1, -0.05) is 24.4 Å². The van der Waals surface area contributed by atoms with Gasteiger partial charge in [-0.15, -0.1) is 0 Å². The number of rotatable bonds is 5. The van der Waals surface area contributed by atoms with E-state index in [9.17, 15) is 0 Å². The molecule has 110 valence electrons. The molecule has 21 heavy (non-hydrogen) atoms. The summed E-state index contributed by atoms with van der Waals surface area (Å²) in [5.74, 6) is 1.53. The van der Waals surface area contributed by atoms with Gasteiger partial charge in [0.05, 0.1) is 12.7 Å². The van der Waals surface area contributed by atoms with Crippen LogP contribution in [0.1, 0.15) is 22.3 Å². The van der Waals surface area contributed by atoms with Gasteiger partial charge in [-0.25, -0.2) is 0 Å². The third-order valence-electron chi connectivity index (χ3n) is 3.41. The molecule has 0 amide bonds. The highest BCUT2D eigenvalue weighted by atomic mass is 32.1. The molecule has 0 fully saturated rings. The molecule has 2 aromatic rings. The molecular formula is C17H19NO2S. The summed E-state index contributed by atoms with van der Waals surface area (Å²) in [5.41, 5.74) is 9.91. The van der Waals surface area contributed by atoms with E-state index in [2.05, 4.69) is 19.9 Å². The predicted molar refractivity (Wildman–Crippen MR) is 89.1 cm³/mol. The molecule has 2 aromatic carbocycles. The van der Waals surface area contributed by atoms with Gasteiger partial charge < -0.3 is 15.2 Å². The van der Waals surface area contributed by atoms with Gasteiger partial charge >= 0.3 is 0 Å². The van der Waals surface area contributed by atoms with Crippen molar-refractivity contribution in [3.8, 4) is 11.5 Å². The van der Waals surface area contributed by atoms with Crippen LogP contribution in [-0.4, -0.2) is 12.1 Å². The van der Waals surface area contributed by atoms with E-state index in [0.29, 0.717) is 17.3 Å². The fourth-order valence-corrected chi connectivity index (χ4v) is 2.17. The average Bonchev–Trinajstić information content (AvgIpc) is 2.48. The Labute approximate surface area is 130 Å². The summed E-state index contributed by atoms with van der Waals surface area (Å²) >= 11 is 5.04. The summed E-state index contributed by atoms with van der Waals surface area (Å²) < 4.78 is 11.1. The molecule has 0 atom stereocenters. The molecule has 0 aromatic heterocycles. The molecule has 0 radical (unpaired) electrons. The normalized spacial score (nSPS) is 10.2. The monoisotopic (exact) mass is 301 g/mol. The molecule has 0 aliphatic rings. The van der Waals surface area contributed by atoms with Gasteiger partial charge in [-0.2, -0.15) is 0 Å². The van der Waals surface area contributed by atoms with Gasteiger partial charge in [0.1, 0.15) is 23.1 Å². The lowest BCUT2D eigenvalue weighted by Gasteiger charge is -2.11. The Balaban J connectivity index is 2.14. The summed E-state index contributed by atoms with van der Waals surface area (Å²) in [7, 11) is 1.60. The Hall–Kier alpha value is -2.07. The van der Waals surface area contributed by atoms with E-state index >= 15 is 0 Å². The van der Waals surface area contributed by atoms with Gasteiger partial charge in [-0.05, 0) is 54.8 Å². The lowest BCUT2D eigenvalue weighted by atomic mass is 10.1. The standard InChI is InChI=1S/C17H19NO2S/c1-11-4-6-14(8-12(11)2)20-10-13-5-7-16(19-3)15(9-13)17(18)21/h4-9H,10H2,1-3H3,(H2,18,21). The molecule has 3 nitrogen and oxygen atoms in total. The van der Waals surface area contributed by atoms with Crippen molar-refractivity contribution in [2.75, 3.05) is 7.11 Å². The molecule has 0 heterocycles. The predicted octanol–water partition coefficient (Wildman–Crippen LogP) is 3.53. The largest absolute Gasteiger partial charge is 0.496 e. The first-order valence-electron chi connectivity index (χ1n) is 6.68.